The summed E-state index contributed by atoms with van der Waals surface area (Å²) in [6, 6.07) is 5.50. The molecule has 0 bridgehead atoms. The van der Waals surface area contributed by atoms with Crippen LogP contribution >= 0.6 is 23.2 Å². The molecule has 0 atom stereocenters. The Hall–Kier alpha value is -1.36. The van der Waals surface area contributed by atoms with E-state index in [0.717, 1.165) is 29.8 Å². The molecule has 2 aromatic rings. The predicted molar refractivity (Wildman–Crippen MR) is 83.9 cm³/mol. The van der Waals surface area contributed by atoms with Crippen molar-refractivity contribution in [2.75, 3.05) is 6.54 Å². The van der Waals surface area contributed by atoms with Crippen LogP contribution in [0.25, 0.3) is 0 Å². The van der Waals surface area contributed by atoms with Crippen LogP contribution in [0.2, 0.25) is 10.0 Å². The number of rotatable bonds is 2. The molecule has 0 fully saturated rings. The minimum absolute atomic E-state index is 0.0376. The van der Waals surface area contributed by atoms with Crippen LogP contribution in [0.15, 0.2) is 23.0 Å². The first-order chi connectivity index (χ1) is 10.0. The predicted octanol–water partition coefficient (Wildman–Crippen LogP) is 2.94. The SMILES string of the molecule is Cc1nc2c(c(=O)[nH]1)CN(Cc1ccc(Cl)cc1Cl)CC2. The number of nitrogens with one attached hydrogen (secondary N) is 1. The highest BCUT2D eigenvalue weighted by Gasteiger charge is 2.21. The molecule has 2 heterocycles. The van der Waals surface area contributed by atoms with Gasteiger partial charge in [-0.15, -0.1) is 0 Å². The Kier molecular flexibility index (Phi) is 4.02. The van der Waals surface area contributed by atoms with Crippen LogP contribution < -0.4 is 5.56 Å². The molecule has 1 aromatic carbocycles. The third-order valence-corrected chi connectivity index (χ3v) is 4.26. The van der Waals surface area contributed by atoms with E-state index < -0.39 is 0 Å². The van der Waals surface area contributed by atoms with Crippen LogP contribution in [0.1, 0.15) is 22.6 Å². The van der Waals surface area contributed by atoms with Crippen LogP contribution in [0.4, 0.5) is 0 Å². The normalized spacial score (nSPS) is 15.0. The first kappa shape index (κ1) is 14.6. The van der Waals surface area contributed by atoms with Crippen molar-refractivity contribution in [2.45, 2.75) is 26.4 Å². The van der Waals surface area contributed by atoms with Crippen LogP contribution in [-0.2, 0) is 19.5 Å². The number of halogens is 2. The van der Waals surface area contributed by atoms with Crippen molar-refractivity contribution in [3.8, 4) is 0 Å². The van der Waals surface area contributed by atoms with E-state index in [4.69, 9.17) is 23.2 Å². The highest BCUT2D eigenvalue weighted by molar-refractivity contribution is 6.35. The van der Waals surface area contributed by atoms with E-state index in [1.807, 2.05) is 19.1 Å². The van der Waals surface area contributed by atoms with Crippen LogP contribution in [-0.4, -0.2) is 21.4 Å². The largest absolute Gasteiger partial charge is 0.310 e. The summed E-state index contributed by atoms with van der Waals surface area (Å²) in [5, 5.41) is 1.29. The lowest BCUT2D eigenvalue weighted by atomic mass is 10.1. The molecule has 0 saturated carbocycles. The van der Waals surface area contributed by atoms with E-state index in [2.05, 4.69) is 14.9 Å². The molecule has 6 heteroatoms. The van der Waals surface area contributed by atoms with Crippen molar-refractivity contribution in [2.24, 2.45) is 0 Å². The number of hydrogen-bond donors (Lipinski definition) is 1. The van der Waals surface area contributed by atoms with Crippen molar-refractivity contribution in [3.05, 3.63) is 61.2 Å². The van der Waals surface area contributed by atoms with E-state index in [1.54, 1.807) is 6.07 Å². The highest BCUT2D eigenvalue weighted by Crippen LogP contribution is 2.24. The second-order valence-electron chi connectivity index (χ2n) is 5.27. The van der Waals surface area contributed by atoms with Gasteiger partial charge in [-0.25, -0.2) is 4.98 Å². The van der Waals surface area contributed by atoms with Gasteiger partial charge in [0.15, 0.2) is 0 Å². The number of nitrogens with zero attached hydrogens (tertiary/aromatic N) is 2. The molecule has 1 aromatic heterocycles. The summed E-state index contributed by atoms with van der Waals surface area (Å²) in [6.07, 6.45) is 0.783. The summed E-state index contributed by atoms with van der Waals surface area (Å²) >= 11 is 12.1. The maximum Gasteiger partial charge on any atom is 0.255 e. The van der Waals surface area contributed by atoms with Gasteiger partial charge in [-0.05, 0) is 24.6 Å². The fourth-order valence-corrected chi connectivity index (χ4v) is 3.10. The van der Waals surface area contributed by atoms with E-state index in [1.165, 1.54) is 0 Å². The Morgan fingerprint density at radius 3 is 2.95 bits per heavy atom. The maximum atomic E-state index is 12.0. The van der Waals surface area contributed by atoms with E-state index in [0.29, 0.717) is 29.0 Å². The minimum Gasteiger partial charge on any atom is -0.310 e. The van der Waals surface area contributed by atoms with Crippen molar-refractivity contribution in [1.82, 2.24) is 14.9 Å². The lowest BCUT2D eigenvalue weighted by Gasteiger charge is -2.27. The van der Waals surface area contributed by atoms with Crippen LogP contribution in [0.5, 0.6) is 0 Å². The van der Waals surface area contributed by atoms with Crippen molar-refractivity contribution < 1.29 is 0 Å². The summed E-state index contributed by atoms with van der Waals surface area (Å²) in [4.78, 5) is 21.4. The smallest absolute Gasteiger partial charge is 0.255 e. The lowest BCUT2D eigenvalue weighted by Crippen LogP contribution is -2.35. The van der Waals surface area contributed by atoms with Crippen molar-refractivity contribution in [1.29, 1.82) is 0 Å². The number of fused-ring (bicyclic) bond motifs is 1. The van der Waals surface area contributed by atoms with Gasteiger partial charge in [0.1, 0.15) is 5.82 Å². The zero-order chi connectivity index (χ0) is 15.0. The van der Waals surface area contributed by atoms with Gasteiger partial charge < -0.3 is 4.98 Å². The van der Waals surface area contributed by atoms with E-state index in [9.17, 15) is 4.79 Å². The van der Waals surface area contributed by atoms with Gasteiger partial charge in [-0.2, -0.15) is 0 Å². The molecule has 21 heavy (non-hydrogen) atoms. The Balaban J connectivity index is 1.82. The monoisotopic (exact) mass is 323 g/mol. The second-order valence-corrected chi connectivity index (χ2v) is 6.12. The molecule has 0 spiro atoms. The number of aromatic nitrogens is 2. The summed E-state index contributed by atoms with van der Waals surface area (Å²) in [5.41, 5.74) is 2.65. The Bertz CT molecular complexity index is 742. The van der Waals surface area contributed by atoms with Gasteiger partial charge in [-0.1, -0.05) is 29.3 Å². The topological polar surface area (TPSA) is 49.0 Å². The van der Waals surface area contributed by atoms with E-state index in [-0.39, 0.29) is 5.56 Å². The fourth-order valence-electron chi connectivity index (χ4n) is 2.63. The first-order valence-electron chi connectivity index (χ1n) is 6.78. The van der Waals surface area contributed by atoms with Crippen molar-refractivity contribution >= 4 is 23.2 Å². The third kappa shape index (κ3) is 3.12. The molecule has 0 unspecified atom stereocenters. The molecule has 110 valence electrons. The van der Waals surface area contributed by atoms with Gasteiger partial charge in [0, 0.05) is 36.1 Å². The molecule has 3 rings (SSSR count). The average molecular weight is 324 g/mol. The molecule has 0 amide bonds. The summed E-state index contributed by atoms with van der Waals surface area (Å²) in [5.74, 6) is 0.674. The third-order valence-electron chi connectivity index (χ3n) is 3.68. The molecule has 0 radical (unpaired) electrons. The second kappa shape index (κ2) is 5.79. The quantitative estimate of drug-likeness (QED) is 0.924. The fraction of sp³-hybridized carbons (Fsp3) is 0.333. The van der Waals surface area contributed by atoms with Crippen LogP contribution in [0.3, 0.4) is 0 Å². The molecule has 1 aliphatic heterocycles. The molecule has 0 aliphatic carbocycles. The Morgan fingerprint density at radius 2 is 2.19 bits per heavy atom. The molecule has 1 N–H and O–H groups in total. The number of hydrogen-bond acceptors (Lipinski definition) is 3. The number of H-pyrrole nitrogens is 1. The zero-order valence-electron chi connectivity index (χ0n) is 11.6. The van der Waals surface area contributed by atoms with Gasteiger partial charge >= 0.3 is 0 Å². The number of aromatic amines is 1. The Labute approximate surface area is 132 Å². The van der Waals surface area contributed by atoms with E-state index >= 15 is 0 Å². The molecular weight excluding hydrogens is 309 g/mol. The summed E-state index contributed by atoms with van der Waals surface area (Å²) < 4.78 is 0. The minimum atomic E-state index is -0.0376. The highest BCUT2D eigenvalue weighted by atomic mass is 35.5. The Morgan fingerprint density at radius 1 is 1.38 bits per heavy atom. The standard InChI is InChI=1S/C15H15Cl2N3O/c1-9-18-14-4-5-20(8-12(14)15(21)19-9)7-10-2-3-11(16)6-13(10)17/h2-3,6H,4-5,7-8H2,1H3,(H,18,19,21). The average Bonchev–Trinajstić information content (AvgIpc) is 2.42. The summed E-state index contributed by atoms with van der Waals surface area (Å²) in [7, 11) is 0. The van der Waals surface area contributed by atoms with Gasteiger partial charge in [0.25, 0.3) is 5.56 Å². The number of aryl methyl sites for hydroxylation is 1. The molecule has 1 aliphatic rings. The first-order valence-corrected chi connectivity index (χ1v) is 7.53. The maximum absolute atomic E-state index is 12.0. The number of benzene rings is 1. The molecule has 4 nitrogen and oxygen atoms in total. The lowest BCUT2D eigenvalue weighted by molar-refractivity contribution is 0.241. The van der Waals surface area contributed by atoms with Crippen molar-refractivity contribution in [3.63, 3.8) is 0 Å². The van der Waals surface area contributed by atoms with Gasteiger partial charge in [0.2, 0.25) is 0 Å². The zero-order valence-corrected chi connectivity index (χ0v) is 13.1. The van der Waals surface area contributed by atoms with Gasteiger partial charge in [-0.3, -0.25) is 9.69 Å². The molecular formula is C15H15Cl2N3O. The van der Waals surface area contributed by atoms with Crippen LogP contribution in [0, 0.1) is 6.92 Å². The van der Waals surface area contributed by atoms with Gasteiger partial charge in [0.05, 0.1) is 11.3 Å². The molecule has 0 saturated heterocycles. The summed E-state index contributed by atoms with van der Waals surface area (Å²) in [6.45, 7) is 3.96.